The number of phosphoric ester groups is 1. The molecule has 0 spiro atoms. The van der Waals surface area contributed by atoms with Crippen LogP contribution in [0.2, 0.25) is 5.28 Å². The number of hydrogen-bond donors (Lipinski definition) is 4. The number of ether oxygens (including phenoxy) is 1. The van der Waals surface area contributed by atoms with Gasteiger partial charge in [0.15, 0.2) is 34.1 Å². The maximum atomic E-state index is 15.3. The van der Waals surface area contributed by atoms with E-state index in [1.165, 1.54) is 52.4 Å². The van der Waals surface area contributed by atoms with Gasteiger partial charge in [0.25, 0.3) is 0 Å². The number of nitrogens with zero attached hydrogens (tertiary/aromatic N) is 4. The van der Waals surface area contributed by atoms with E-state index < -0.39 is 84.2 Å². The summed E-state index contributed by atoms with van der Waals surface area (Å²) < 4.78 is 52.5. The van der Waals surface area contributed by atoms with Gasteiger partial charge in [-0.1, -0.05) is 23.5 Å². The standard InChI is InChI=1S/C24H36ClFN5O10PS2/c1-11(43-20(35)23(3,4)8-32)40-42(37,41-12(2)44-21(36)24(5,6)9-33)38-7-13-16(34)14(26)19(39-13)31-10-28-15-17(27)29-22(25)30-18(15)31/h10-14,16,19,32-34H,7-9H2,1-6H3,(H2,27,29,30)/t11?,12?,13-,14+,16-,19-,42?/m1/s1. The molecule has 0 radical (unpaired) electrons. The number of hydrogen-bond acceptors (Lipinski definition) is 16. The summed E-state index contributed by atoms with van der Waals surface area (Å²) in [5, 5.41) is 28.5. The van der Waals surface area contributed by atoms with E-state index in [1.54, 1.807) is 0 Å². The number of thioether (sulfide) groups is 2. The Balaban J connectivity index is 1.79. The zero-order chi connectivity index (χ0) is 33.2. The predicted octanol–water partition coefficient (Wildman–Crippen LogP) is 3.06. The maximum absolute atomic E-state index is 15.3. The second-order valence-corrected chi connectivity index (χ2v) is 15.6. The fraction of sp³-hybridized carbons (Fsp3) is 0.708. The zero-order valence-corrected chi connectivity index (χ0v) is 28.0. The van der Waals surface area contributed by atoms with Crippen LogP contribution in [0.1, 0.15) is 47.8 Å². The lowest BCUT2D eigenvalue weighted by molar-refractivity contribution is -0.120. The van der Waals surface area contributed by atoms with E-state index in [-0.39, 0.29) is 22.3 Å². The Morgan fingerprint density at radius 1 is 1.14 bits per heavy atom. The molecule has 2 aromatic heterocycles. The molecule has 2 aromatic rings. The molecule has 0 amide bonds. The van der Waals surface area contributed by atoms with Crippen molar-refractivity contribution in [3.05, 3.63) is 11.6 Å². The van der Waals surface area contributed by atoms with Crippen molar-refractivity contribution in [2.75, 3.05) is 25.6 Å². The van der Waals surface area contributed by atoms with Gasteiger partial charge in [0, 0.05) is 0 Å². The molecule has 3 rings (SSSR count). The lowest BCUT2D eigenvalue weighted by atomic mass is 9.97. The largest absolute Gasteiger partial charge is 0.477 e. The number of rotatable bonds is 14. The Kier molecular flexibility index (Phi) is 12.2. The topological polar surface area (TPSA) is 218 Å². The third kappa shape index (κ3) is 8.67. The minimum atomic E-state index is -4.65. The Morgan fingerprint density at radius 3 is 2.16 bits per heavy atom. The number of aliphatic hydroxyl groups is 3. The van der Waals surface area contributed by atoms with E-state index in [2.05, 4.69) is 15.0 Å². The first kappa shape index (κ1) is 37.0. The molecule has 3 heterocycles. The van der Waals surface area contributed by atoms with Crippen molar-refractivity contribution >= 4 is 70.2 Å². The third-order valence-electron chi connectivity index (χ3n) is 6.38. The zero-order valence-electron chi connectivity index (χ0n) is 24.7. The number of alkyl halides is 1. The van der Waals surface area contributed by atoms with Crippen LogP contribution >= 0.6 is 42.9 Å². The van der Waals surface area contributed by atoms with E-state index in [0.29, 0.717) is 23.5 Å². The van der Waals surface area contributed by atoms with Crippen LogP contribution in [-0.4, -0.2) is 94.1 Å². The number of nitrogens with two attached hydrogens (primary N) is 1. The normalized spacial score (nSPS) is 23.9. The molecule has 44 heavy (non-hydrogen) atoms. The molecule has 0 bridgehead atoms. The first-order valence-electron chi connectivity index (χ1n) is 13.2. The van der Waals surface area contributed by atoms with E-state index in [0.717, 1.165) is 0 Å². The van der Waals surface area contributed by atoms with Crippen molar-refractivity contribution in [3.8, 4) is 0 Å². The average Bonchev–Trinajstić information content (AvgIpc) is 3.47. The number of carbonyl (C=O) groups is 2. The molecule has 15 nitrogen and oxygen atoms in total. The second-order valence-electron chi connectivity index (χ2n) is 11.2. The lowest BCUT2D eigenvalue weighted by Crippen LogP contribution is -2.32. The average molecular weight is 704 g/mol. The van der Waals surface area contributed by atoms with E-state index in [1.807, 2.05) is 0 Å². The fourth-order valence-electron chi connectivity index (χ4n) is 3.57. The van der Waals surface area contributed by atoms with Gasteiger partial charge in [-0.3, -0.25) is 27.7 Å². The van der Waals surface area contributed by atoms with Crippen LogP contribution in [0.25, 0.3) is 11.2 Å². The van der Waals surface area contributed by atoms with Gasteiger partial charge in [-0.25, -0.2) is 13.9 Å². The summed E-state index contributed by atoms with van der Waals surface area (Å²) in [5.41, 5.74) is 1.44. The lowest BCUT2D eigenvalue weighted by Gasteiger charge is -2.27. The van der Waals surface area contributed by atoms with Crippen LogP contribution in [0, 0.1) is 10.8 Å². The van der Waals surface area contributed by atoms with E-state index in [9.17, 15) is 29.5 Å². The van der Waals surface area contributed by atoms with Crippen molar-refractivity contribution in [2.45, 2.75) is 77.0 Å². The number of fused-ring (bicyclic) bond motifs is 1. The van der Waals surface area contributed by atoms with Gasteiger partial charge in [0.05, 0.1) is 37.0 Å². The van der Waals surface area contributed by atoms with Gasteiger partial charge < -0.3 is 25.8 Å². The smallest absolute Gasteiger partial charge is 0.395 e. The fourth-order valence-corrected chi connectivity index (χ4v) is 7.31. The highest BCUT2D eigenvalue weighted by Gasteiger charge is 2.48. The van der Waals surface area contributed by atoms with Crippen molar-refractivity contribution in [1.29, 1.82) is 0 Å². The van der Waals surface area contributed by atoms with Crippen molar-refractivity contribution in [3.63, 3.8) is 0 Å². The molecule has 0 saturated carbocycles. The summed E-state index contributed by atoms with van der Waals surface area (Å²) in [6.45, 7) is 7.21. The quantitative estimate of drug-likeness (QED) is 0.126. The number of aromatic nitrogens is 4. The van der Waals surface area contributed by atoms with Crippen LogP contribution in [0.4, 0.5) is 10.2 Å². The molecule has 1 aliphatic heterocycles. The van der Waals surface area contributed by atoms with Crippen LogP contribution < -0.4 is 5.73 Å². The molecule has 20 heteroatoms. The molecule has 248 valence electrons. The number of halogens is 2. The van der Waals surface area contributed by atoms with Crippen molar-refractivity contribution in [2.24, 2.45) is 10.8 Å². The van der Waals surface area contributed by atoms with Crippen molar-refractivity contribution in [1.82, 2.24) is 19.5 Å². The molecular formula is C24H36ClFN5O10PS2. The molecule has 2 unspecified atom stereocenters. The Labute approximate surface area is 266 Å². The number of aliphatic hydroxyl groups excluding tert-OH is 3. The first-order valence-corrected chi connectivity index (χ1v) is 16.8. The second kappa shape index (κ2) is 14.5. The number of phosphoric acid groups is 1. The van der Waals surface area contributed by atoms with Crippen molar-refractivity contribution < 1.29 is 52.2 Å². The van der Waals surface area contributed by atoms with Gasteiger partial charge in [-0.05, 0) is 53.1 Å². The molecule has 1 aliphatic rings. The van der Waals surface area contributed by atoms with Crippen LogP contribution in [0.5, 0.6) is 0 Å². The predicted molar refractivity (Wildman–Crippen MR) is 161 cm³/mol. The Hall–Kier alpha value is -1.44. The van der Waals surface area contributed by atoms with Gasteiger partial charge in [-0.2, -0.15) is 9.97 Å². The molecule has 1 saturated heterocycles. The summed E-state index contributed by atoms with van der Waals surface area (Å²) in [7, 11) is -4.65. The Morgan fingerprint density at radius 2 is 1.66 bits per heavy atom. The summed E-state index contributed by atoms with van der Waals surface area (Å²) >= 11 is 7.14. The molecule has 0 aromatic carbocycles. The van der Waals surface area contributed by atoms with Crippen LogP contribution in [-0.2, 0) is 32.5 Å². The van der Waals surface area contributed by atoms with E-state index in [4.69, 9.17) is 35.6 Å². The number of nitrogen functional groups attached to an aromatic ring is 1. The number of carbonyl (C=O) groups excluding carboxylic acids is 2. The Bertz CT molecular complexity index is 1360. The highest BCUT2D eigenvalue weighted by Crippen LogP contribution is 2.55. The summed E-state index contributed by atoms with van der Waals surface area (Å²) in [6.07, 6.45) is -5.49. The highest BCUT2D eigenvalue weighted by molar-refractivity contribution is 8.14. The molecule has 6 atom stereocenters. The molecule has 5 N–H and O–H groups in total. The van der Waals surface area contributed by atoms with Crippen LogP contribution in [0.15, 0.2) is 6.33 Å². The molecule has 1 fully saturated rings. The van der Waals surface area contributed by atoms with Gasteiger partial charge >= 0.3 is 7.82 Å². The number of anilines is 1. The summed E-state index contributed by atoms with van der Waals surface area (Å²) in [5.74, 6) is -0.0523. The molecule has 0 aliphatic carbocycles. The van der Waals surface area contributed by atoms with E-state index >= 15 is 4.39 Å². The third-order valence-corrected chi connectivity index (χ3v) is 10.8. The van der Waals surface area contributed by atoms with Gasteiger partial charge in [0.1, 0.15) is 28.6 Å². The van der Waals surface area contributed by atoms with Crippen LogP contribution in [0.3, 0.4) is 0 Å². The highest BCUT2D eigenvalue weighted by atomic mass is 35.5. The minimum Gasteiger partial charge on any atom is -0.395 e. The number of imidazole rings is 1. The SMILES string of the molecule is CC(OP(=O)(OC[C@H]1O[C@@H](n2cnc3c(N)nc(Cl)nc32)[C@@H](F)[C@@H]1O)OC(C)SC(=O)C(C)(C)CO)SC(=O)C(C)(C)CO. The first-order chi connectivity index (χ1) is 20.3. The van der Waals surface area contributed by atoms with Gasteiger partial charge in [-0.15, -0.1) is 0 Å². The minimum absolute atomic E-state index is 0.0453. The van der Waals surface area contributed by atoms with Gasteiger partial charge in [0.2, 0.25) is 5.28 Å². The maximum Gasteiger partial charge on any atom is 0.477 e. The molecular weight excluding hydrogens is 668 g/mol. The monoisotopic (exact) mass is 703 g/mol. The summed E-state index contributed by atoms with van der Waals surface area (Å²) in [6, 6.07) is 0. The summed E-state index contributed by atoms with van der Waals surface area (Å²) in [4.78, 5) is 37.0.